The maximum atomic E-state index is 14.6. The van der Waals surface area contributed by atoms with E-state index in [0.717, 1.165) is 30.1 Å². The van der Waals surface area contributed by atoms with Crippen molar-refractivity contribution in [1.82, 2.24) is 30.5 Å². The topological polar surface area (TPSA) is 81.7 Å². The van der Waals surface area contributed by atoms with Gasteiger partial charge in [0.2, 0.25) is 5.89 Å². The van der Waals surface area contributed by atoms with E-state index < -0.39 is 18.1 Å². The van der Waals surface area contributed by atoms with E-state index in [-0.39, 0.29) is 18.0 Å². The summed E-state index contributed by atoms with van der Waals surface area (Å²) in [5.74, 6) is -1.48. The Morgan fingerprint density at radius 1 is 1.20 bits per heavy atom. The van der Waals surface area contributed by atoms with Crippen molar-refractivity contribution in [2.24, 2.45) is 0 Å². The first kappa shape index (κ1) is 18.9. The van der Waals surface area contributed by atoms with Crippen molar-refractivity contribution >= 4 is 11.3 Å². The molecular formula is C19H15F3N6OS. The Balaban J connectivity index is 1.34. The molecule has 1 N–H and O–H groups in total. The molecule has 0 saturated carbocycles. The number of nitrogens with zero attached hydrogens (tertiary/aromatic N) is 5. The average Bonchev–Trinajstić information content (AvgIpc) is 3.48. The van der Waals surface area contributed by atoms with E-state index in [1.54, 1.807) is 28.3 Å². The highest BCUT2D eigenvalue weighted by molar-refractivity contribution is 7.15. The fourth-order valence-electron chi connectivity index (χ4n) is 3.29. The molecule has 0 amide bonds. The highest BCUT2D eigenvalue weighted by Gasteiger charge is 2.19. The summed E-state index contributed by atoms with van der Waals surface area (Å²) in [7, 11) is 0. The zero-order valence-electron chi connectivity index (χ0n) is 15.5. The van der Waals surface area contributed by atoms with Gasteiger partial charge in [-0.05, 0) is 36.7 Å². The molecule has 1 aromatic carbocycles. The molecule has 30 heavy (non-hydrogen) atoms. The summed E-state index contributed by atoms with van der Waals surface area (Å²) in [6.45, 7) is 2.01. The van der Waals surface area contributed by atoms with Crippen molar-refractivity contribution in [2.45, 2.75) is 25.9 Å². The third-order valence-corrected chi connectivity index (χ3v) is 6.00. The van der Waals surface area contributed by atoms with Crippen LogP contribution in [0.5, 0.6) is 0 Å². The van der Waals surface area contributed by atoms with Gasteiger partial charge < -0.3 is 9.73 Å². The molecule has 11 heteroatoms. The second-order valence-corrected chi connectivity index (χ2v) is 7.98. The van der Waals surface area contributed by atoms with Crippen LogP contribution in [0, 0.1) is 5.82 Å². The Bertz CT molecular complexity index is 1180. The van der Waals surface area contributed by atoms with E-state index in [0.29, 0.717) is 5.56 Å². The summed E-state index contributed by atoms with van der Waals surface area (Å²) < 4.78 is 46.2. The standard InChI is InChI=1S/C19H15F3N6OS/c20-13-5-11(18-25-26-19(29-18)17(21)22)1-2-12(13)8-28-9-14(24-27-28)15-6-10-3-4-23-7-16(10)30-15/h1-2,5-6,9,17,23H,3-4,7-8H2. The van der Waals surface area contributed by atoms with Gasteiger partial charge in [0.05, 0.1) is 17.6 Å². The predicted molar refractivity (Wildman–Crippen MR) is 102 cm³/mol. The van der Waals surface area contributed by atoms with Gasteiger partial charge in [0.15, 0.2) is 0 Å². The Kier molecular flexibility index (Phi) is 4.83. The number of fused-ring (bicyclic) bond motifs is 1. The number of hydrogen-bond acceptors (Lipinski definition) is 7. The number of halogens is 3. The lowest BCUT2D eigenvalue weighted by atomic mass is 10.1. The van der Waals surface area contributed by atoms with Gasteiger partial charge in [0.25, 0.3) is 5.89 Å². The molecule has 3 aromatic heterocycles. The largest absolute Gasteiger partial charge is 0.415 e. The first-order valence-corrected chi connectivity index (χ1v) is 10.0. The first-order chi connectivity index (χ1) is 14.6. The van der Waals surface area contributed by atoms with Crippen LogP contribution in [0.1, 0.15) is 28.3 Å². The molecule has 0 bridgehead atoms. The average molecular weight is 432 g/mol. The van der Waals surface area contributed by atoms with Gasteiger partial charge >= 0.3 is 6.43 Å². The monoisotopic (exact) mass is 432 g/mol. The SMILES string of the molecule is Fc1cc(-c2nnc(C(F)F)o2)ccc1Cn1cc(-c2cc3c(s2)CNCC3)nn1. The Labute approximate surface area is 172 Å². The van der Waals surface area contributed by atoms with Crippen LogP contribution in [0.2, 0.25) is 0 Å². The minimum Gasteiger partial charge on any atom is -0.415 e. The lowest BCUT2D eigenvalue weighted by molar-refractivity contribution is 0.116. The molecule has 5 rings (SSSR count). The van der Waals surface area contributed by atoms with Crippen molar-refractivity contribution in [1.29, 1.82) is 0 Å². The lowest BCUT2D eigenvalue weighted by Crippen LogP contribution is -2.21. The van der Waals surface area contributed by atoms with Crippen molar-refractivity contribution < 1.29 is 17.6 Å². The van der Waals surface area contributed by atoms with E-state index in [9.17, 15) is 13.2 Å². The van der Waals surface area contributed by atoms with Crippen LogP contribution in [0.4, 0.5) is 13.2 Å². The van der Waals surface area contributed by atoms with Gasteiger partial charge in [-0.25, -0.2) is 9.07 Å². The Morgan fingerprint density at radius 2 is 2.10 bits per heavy atom. The molecule has 0 radical (unpaired) electrons. The van der Waals surface area contributed by atoms with Crippen LogP contribution in [0.3, 0.4) is 0 Å². The second-order valence-electron chi connectivity index (χ2n) is 6.84. The van der Waals surface area contributed by atoms with Crippen molar-refractivity contribution in [3.63, 3.8) is 0 Å². The van der Waals surface area contributed by atoms with Gasteiger partial charge in [-0.1, -0.05) is 11.3 Å². The maximum absolute atomic E-state index is 14.6. The van der Waals surface area contributed by atoms with Crippen LogP contribution >= 0.6 is 11.3 Å². The minimum atomic E-state index is -2.87. The highest BCUT2D eigenvalue weighted by atomic mass is 32.1. The van der Waals surface area contributed by atoms with Crippen LogP contribution in [-0.4, -0.2) is 31.7 Å². The Hall–Kier alpha value is -3.05. The van der Waals surface area contributed by atoms with Gasteiger partial charge in [0.1, 0.15) is 11.5 Å². The molecule has 154 valence electrons. The first-order valence-electron chi connectivity index (χ1n) is 9.20. The quantitative estimate of drug-likeness (QED) is 0.516. The van der Waals surface area contributed by atoms with Crippen LogP contribution in [0.15, 0.2) is 34.9 Å². The van der Waals surface area contributed by atoms with Crippen molar-refractivity contribution in [3.05, 3.63) is 58.2 Å². The van der Waals surface area contributed by atoms with E-state index in [2.05, 4.69) is 31.9 Å². The van der Waals surface area contributed by atoms with E-state index in [1.807, 2.05) is 0 Å². The van der Waals surface area contributed by atoms with Crippen LogP contribution < -0.4 is 5.32 Å². The Morgan fingerprint density at radius 3 is 2.87 bits per heavy atom. The molecule has 0 spiro atoms. The summed E-state index contributed by atoms with van der Waals surface area (Å²) in [6.07, 6.45) is -0.0940. The minimum absolute atomic E-state index is 0.157. The lowest BCUT2D eigenvalue weighted by Gasteiger charge is -2.10. The molecule has 4 aromatic rings. The number of aromatic nitrogens is 5. The fraction of sp³-hybridized carbons (Fsp3) is 0.263. The summed E-state index contributed by atoms with van der Waals surface area (Å²) >= 11 is 1.69. The van der Waals surface area contributed by atoms with Gasteiger partial charge in [-0.15, -0.1) is 26.6 Å². The zero-order chi connectivity index (χ0) is 20.7. The number of benzene rings is 1. The van der Waals surface area contributed by atoms with Gasteiger partial charge in [0, 0.05) is 22.5 Å². The molecule has 0 atom stereocenters. The molecule has 0 unspecified atom stereocenters. The molecule has 0 fully saturated rings. The van der Waals surface area contributed by atoms with Crippen LogP contribution in [0.25, 0.3) is 22.0 Å². The molecular weight excluding hydrogens is 417 g/mol. The summed E-state index contributed by atoms with van der Waals surface area (Å²) in [5, 5.41) is 18.5. The summed E-state index contributed by atoms with van der Waals surface area (Å²) in [5.41, 5.74) is 2.68. The maximum Gasteiger partial charge on any atom is 0.314 e. The third-order valence-electron chi connectivity index (χ3n) is 4.80. The van der Waals surface area contributed by atoms with Gasteiger partial charge in [-0.2, -0.15) is 8.78 Å². The fourth-order valence-corrected chi connectivity index (χ4v) is 4.42. The van der Waals surface area contributed by atoms with Crippen molar-refractivity contribution in [3.8, 4) is 22.0 Å². The summed E-state index contributed by atoms with van der Waals surface area (Å²) in [6, 6.07) is 6.39. The molecule has 0 saturated heterocycles. The zero-order valence-corrected chi connectivity index (χ0v) is 16.3. The summed E-state index contributed by atoms with van der Waals surface area (Å²) in [4.78, 5) is 2.35. The molecule has 0 aliphatic carbocycles. The highest BCUT2D eigenvalue weighted by Crippen LogP contribution is 2.32. The molecule has 7 nitrogen and oxygen atoms in total. The van der Waals surface area contributed by atoms with E-state index in [4.69, 9.17) is 4.42 Å². The number of alkyl halides is 2. The molecule has 4 heterocycles. The number of thiophene rings is 1. The number of nitrogens with one attached hydrogen (secondary N) is 1. The van der Waals surface area contributed by atoms with Gasteiger partial charge in [-0.3, -0.25) is 0 Å². The van der Waals surface area contributed by atoms with Crippen LogP contribution in [-0.2, 0) is 19.5 Å². The van der Waals surface area contributed by atoms with E-state index >= 15 is 0 Å². The second kappa shape index (κ2) is 7.65. The smallest absolute Gasteiger partial charge is 0.314 e. The van der Waals surface area contributed by atoms with E-state index in [1.165, 1.54) is 22.6 Å². The molecule has 1 aliphatic heterocycles. The van der Waals surface area contributed by atoms with Crippen molar-refractivity contribution in [2.75, 3.05) is 6.54 Å². The molecule has 1 aliphatic rings. The number of rotatable bonds is 5. The number of hydrogen-bond donors (Lipinski definition) is 1. The normalized spacial score (nSPS) is 13.7. The predicted octanol–water partition coefficient (Wildman–Crippen LogP) is 3.83. The third kappa shape index (κ3) is 3.61.